The molecule has 0 unspecified atom stereocenters. The van der Waals surface area contributed by atoms with Gasteiger partial charge in [0.25, 0.3) is 5.91 Å². The molecule has 126 valence electrons. The molecule has 0 aromatic heterocycles. The van der Waals surface area contributed by atoms with Gasteiger partial charge in [0.2, 0.25) is 0 Å². The van der Waals surface area contributed by atoms with Crippen molar-refractivity contribution >= 4 is 17.6 Å². The van der Waals surface area contributed by atoms with Gasteiger partial charge in [0.05, 0.1) is 6.42 Å². The summed E-state index contributed by atoms with van der Waals surface area (Å²) in [6.45, 7) is 3.65. The molecule has 1 N–H and O–H groups in total. The van der Waals surface area contributed by atoms with Crippen LogP contribution in [-0.4, -0.2) is 18.5 Å². The highest BCUT2D eigenvalue weighted by molar-refractivity contribution is 5.93. The molecule has 0 aliphatic heterocycles. The van der Waals surface area contributed by atoms with Gasteiger partial charge in [0.1, 0.15) is 5.82 Å². The second-order valence-corrected chi connectivity index (χ2v) is 5.72. The van der Waals surface area contributed by atoms with Crippen molar-refractivity contribution in [1.82, 2.24) is 0 Å². The first-order chi connectivity index (χ1) is 11.5. The van der Waals surface area contributed by atoms with Gasteiger partial charge in [-0.25, -0.2) is 4.39 Å². The Bertz CT molecular complexity index is 728. The maximum absolute atomic E-state index is 13.5. The van der Waals surface area contributed by atoms with Crippen LogP contribution < -0.4 is 5.32 Å². The summed E-state index contributed by atoms with van der Waals surface area (Å²) in [4.78, 5) is 23.7. The Morgan fingerprint density at radius 1 is 1.08 bits per heavy atom. The number of benzene rings is 2. The van der Waals surface area contributed by atoms with Crippen molar-refractivity contribution in [1.29, 1.82) is 0 Å². The largest absolute Gasteiger partial charge is 0.455 e. The predicted octanol–water partition coefficient (Wildman–Crippen LogP) is 3.67. The third-order valence-corrected chi connectivity index (χ3v) is 3.51. The van der Waals surface area contributed by atoms with Crippen LogP contribution in [0.15, 0.2) is 48.5 Å². The fourth-order valence-electron chi connectivity index (χ4n) is 2.29. The summed E-state index contributed by atoms with van der Waals surface area (Å²) in [6.07, 6.45) is -0.206. The van der Waals surface area contributed by atoms with E-state index < -0.39 is 24.3 Å². The third-order valence-electron chi connectivity index (χ3n) is 3.51. The van der Waals surface area contributed by atoms with E-state index >= 15 is 0 Å². The molecule has 4 nitrogen and oxygen atoms in total. The van der Waals surface area contributed by atoms with E-state index in [2.05, 4.69) is 5.32 Å². The van der Waals surface area contributed by atoms with Crippen molar-refractivity contribution in [3.8, 4) is 0 Å². The van der Waals surface area contributed by atoms with E-state index in [4.69, 9.17) is 4.74 Å². The average molecular weight is 329 g/mol. The van der Waals surface area contributed by atoms with Crippen LogP contribution in [0.4, 0.5) is 10.1 Å². The van der Waals surface area contributed by atoms with Crippen molar-refractivity contribution in [2.24, 2.45) is 0 Å². The zero-order chi connectivity index (χ0) is 17.5. The van der Waals surface area contributed by atoms with E-state index in [1.54, 1.807) is 18.2 Å². The van der Waals surface area contributed by atoms with Crippen LogP contribution in [0, 0.1) is 5.82 Å². The van der Waals surface area contributed by atoms with Gasteiger partial charge in [0.15, 0.2) is 6.61 Å². The molecule has 0 bridgehead atoms. The van der Waals surface area contributed by atoms with Crippen LogP contribution in [0.2, 0.25) is 0 Å². The minimum Gasteiger partial charge on any atom is -0.455 e. The molecule has 0 spiro atoms. The Morgan fingerprint density at radius 2 is 1.75 bits per heavy atom. The summed E-state index contributed by atoms with van der Waals surface area (Å²) in [5.74, 6) is -1.28. The van der Waals surface area contributed by atoms with E-state index in [9.17, 15) is 14.0 Å². The SMILES string of the molecule is CC(C)c1ccccc1NC(=O)COC(=O)Cc1ccccc1F. The number of halogens is 1. The number of esters is 1. The van der Waals surface area contributed by atoms with Crippen LogP contribution in [-0.2, 0) is 20.7 Å². The van der Waals surface area contributed by atoms with E-state index in [0.717, 1.165) is 5.56 Å². The van der Waals surface area contributed by atoms with Gasteiger partial charge in [0, 0.05) is 5.69 Å². The van der Waals surface area contributed by atoms with Crippen molar-refractivity contribution in [3.05, 3.63) is 65.5 Å². The number of nitrogens with one attached hydrogen (secondary N) is 1. The molecule has 1 amide bonds. The van der Waals surface area contributed by atoms with Gasteiger partial charge in [-0.05, 0) is 29.2 Å². The lowest BCUT2D eigenvalue weighted by Crippen LogP contribution is -2.22. The van der Waals surface area contributed by atoms with Crippen molar-refractivity contribution in [3.63, 3.8) is 0 Å². The highest BCUT2D eigenvalue weighted by Gasteiger charge is 2.13. The molecule has 5 heteroatoms. The first-order valence-electron chi connectivity index (χ1n) is 7.75. The van der Waals surface area contributed by atoms with E-state index in [0.29, 0.717) is 5.69 Å². The van der Waals surface area contributed by atoms with Crippen LogP contribution >= 0.6 is 0 Å². The minimum atomic E-state index is -0.646. The predicted molar refractivity (Wildman–Crippen MR) is 90.2 cm³/mol. The summed E-state index contributed by atoms with van der Waals surface area (Å²) in [6, 6.07) is 13.4. The van der Waals surface area contributed by atoms with E-state index in [-0.39, 0.29) is 17.9 Å². The Balaban J connectivity index is 1.87. The number of ether oxygens (including phenoxy) is 1. The Morgan fingerprint density at radius 3 is 2.46 bits per heavy atom. The fourth-order valence-corrected chi connectivity index (χ4v) is 2.29. The van der Waals surface area contributed by atoms with Gasteiger partial charge in [-0.3, -0.25) is 9.59 Å². The monoisotopic (exact) mass is 329 g/mol. The van der Waals surface area contributed by atoms with Crippen LogP contribution in [0.3, 0.4) is 0 Å². The maximum atomic E-state index is 13.5. The molecular formula is C19H20FNO3. The molecular weight excluding hydrogens is 309 g/mol. The van der Waals surface area contributed by atoms with Gasteiger partial charge >= 0.3 is 5.97 Å². The first-order valence-corrected chi connectivity index (χ1v) is 7.75. The van der Waals surface area contributed by atoms with Gasteiger partial charge < -0.3 is 10.1 Å². The zero-order valence-corrected chi connectivity index (χ0v) is 13.7. The smallest absolute Gasteiger partial charge is 0.310 e. The molecule has 0 saturated heterocycles. The number of hydrogen-bond donors (Lipinski definition) is 1. The molecule has 0 aliphatic carbocycles. The summed E-state index contributed by atoms with van der Waals surface area (Å²) in [7, 11) is 0. The molecule has 24 heavy (non-hydrogen) atoms. The number of hydrogen-bond acceptors (Lipinski definition) is 3. The van der Waals surface area contributed by atoms with Crippen molar-refractivity contribution in [2.75, 3.05) is 11.9 Å². The van der Waals surface area contributed by atoms with Gasteiger partial charge in [-0.1, -0.05) is 50.2 Å². The number of carbonyl (C=O) groups is 2. The average Bonchev–Trinajstić information content (AvgIpc) is 2.55. The van der Waals surface area contributed by atoms with E-state index in [1.807, 2.05) is 32.0 Å². The number of rotatable bonds is 6. The summed E-state index contributed by atoms with van der Waals surface area (Å²) in [5, 5.41) is 2.73. The number of amides is 1. The molecule has 2 rings (SSSR count). The standard InChI is InChI=1S/C19H20FNO3/c1-13(2)15-8-4-6-10-17(15)21-18(22)12-24-19(23)11-14-7-3-5-9-16(14)20/h3-10,13H,11-12H2,1-2H3,(H,21,22). The lowest BCUT2D eigenvalue weighted by Gasteiger charge is -2.13. The second-order valence-electron chi connectivity index (χ2n) is 5.72. The third kappa shape index (κ3) is 4.91. The molecule has 0 heterocycles. The lowest BCUT2D eigenvalue weighted by molar-refractivity contribution is -0.146. The second kappa shape index (κ2) is 8.24. The van der Waals surface area contributed by atoms with Crippen molar-refractivity contribution < 1.29 is 18.7 Å². The molecule has 2 aromatic carbocycles. The fraction of sp³-hybridized carbons (Fsp3) is 0.263. The lowest BCUT2D eigenvalue weighted by atomic mass is 10.0. The summed E-state index contributed by atoms with van der Waals surface area (Å²) >= 11 is 0. The number of carbonyl (C=O) groups excluding carboxylic acids is 2. The van der Waals surface area contributed by atoms with Crippen LogP contribution in [0.25, 0.3) is 0 Å². The molecule has 0 radical (unpaired) electrons. The molecule has 0 atom stereocenters. The topological polar surface area (TPSA) is 55.4 Å². The van der Waals surface area contributed by atoms with Crippen LogP contribution in [0.5, 0.6) is 0 Å². The molecule has 2 aromatic rings. The number of para-hydroxylation sites is 1. The maximum Gasteiger partial charge on any atom is 0.310 e. The molecule has 0 saturated carbocycles. The minimum absolute atomic E-state index is 0.206. The van der Waals surface area contributed by atoms with Gasteiger partial charge in [-0.2, -0.15) is 0 Å². The molecule has 0 aliphatic rings. The van der Waals surface area contributed by atoms with Gasteiger partial charge in [-0.15, -0.1) is 0 Å². The Labute approximate surface area is 140 Å². The normalized spacial score (nSPS) is 10.5. The van der Waals surface area contributed by atoms with Crippen LogP contribution in [0.1, 0.15) is 30.9 Å². The quantitative estimate of drug-likeness (QED) is 0.823. The summed E-state index contributed by atoms with van der Waals surface area (Å²) in [5.41, 5.74) is 1.94. The summed E-state index contributed by atoms with van der Waals surface area (Å²) < 4.78 is 18.4. The zero-order valence-electron chi connectivity index (χ0n) is 13.7. The Kier molecular flexibility index (Phi) is 6.07. The highest BCUT2D eigenvalue weighted by atomic mass is 19.1. The molecule has 0 fully saturated rings. The van der Waals surface area contributed by atoms with Crippen molar-refractivity contribution in [2.45, 2.75) is 26.2 Å². The number of anilines is 1. The first kappa shape index (κ1) is 17.7. The Hall–Kier alpha value is -2.69. The highest BCUT2D eigenvalue weighted by Crippen LogP contribution is 2.23. The van der Waals surface area contributed by atoms with E-state index in [1.165, 1.54) is 12.1 Å².